The molecule has 0 bridgehead atoms. The van der Waals surface area contributed by atoms with Gasteiger partial charge in [0.05, 0.1) is 12.8 Å². The zero-order chi connectivity index (χ0) is 19.2. The van der Waals surface area contributed by atoms with Crippen molar-refractivity contribution in [2.75, 3.05) is 49.8 Å². The maximum absolute atomic E-state index is 12.5. The first kappa shape index (κ1) is 19.1. The molecule has 3 rings (SSSR count). The molecule has 142 valence electrons. The Hall–Kier alpha value is -2.67. The van der Waals surface area contributed by atoms with Crippen molar-refractivity contribution in [1.29, 1.82) is 0 Å². The number of anilines is 2. The fourth-order valence-electron chi connectivity index (χ4n) is 3.07. The summed E-state index contributed by atoms with van der Waals surface area (Å²) in [5, 5.41) is 2.70. The molecule has 0 unspecified atom stereocenters. The van der Waals surface area contributed by atoms with E-state index in [9.17, 15) is 9.59 Å². The van der Waals surface area contributed by atoms with Crippen molar-refractivity contribution in [3.05, 3.63) is 48.5 Å². The predicted molar refractivity (Wildman–Crippen MR) is 109 cm³/mol. The number of piperazine rings is 1. The Morgan fingerprint density at radius 2 is 1.78 bits per heavy atom. The molecule has 1 N–H and O–H groups in total. The van der Waals surface area contributed by atoms with Crippen LogP contribution in [0.3, 0.4) is 0 Å². The Bertz CT molecular complexity index is 820. The largest absolute Gasteiger partial charge is 0.495 e. The minimum Gasteiger partial charge on any atom is -0.495 e. The summed E-state index contributed by atoms with van der Waals surface area (Å²) in [6, 6.07) is 15.3. The van der Waals surface area contributed by atoms with E-state index in [0.717, 1.165) is 16.3 Å². The highest BCUT2D eigenvalue weighted by atomic mass is 32.2. The summed E-state index contributed by atoms with van der Waals surface area (Å²) in [5.41, 5.74) is 1.64. The van der Waals surface area contributed by atoms with Gasteiger partial charge in [0.25, 0.3) is 0 Å². The van der Waals surface area contributed by atoms with Gasteiger partial charge in [-0.25, -0.2) is 0 Å². The van der Waals surface area contributed by atoms with Gasteiger partial charge in [0, 0.05) is 36.8 Å². The van der Waals surface area contributed by atoms with Gasteiger partial charge in [0.15, 0.2) is 0 Å². The molecule has 2 aromatic carbocycles. The quantitative estimate of drug-likeness (QED) is 0.648. The van der Waals surface area contributed by atoms with Gasteiger partial charge in [-0.05, 0) is 36.6 Å². The number of methoxy groups -OCH3 is 1. The highest BCUT2D eigenvalue weighted by Gasteiger charge is 2.27. The third-order valence-electron chi connectivity index (χ3n) is 4.51. The number of rotatable bonds is 4. The minimum atomic E-state index is -0.598. The molecule has 27 heavy (non-hydrogen) atoms. The van der Waals surface area contributed by atoms with Crippen molar-refractivity contribution in [2.24, 2.45) is 0 Å². The average Bonchev–Trinajstić information content (AvgIpc) is 2.73. The normalized spacial score (nSPS) is 14.0. The molecule has 0 atom stereocenters. The lowest BCUT2D eigenvalue weighted by Gasteiger charge is -2.36. The van der Waals surface area contributed by atoms with Crippen molar-refractivity contribution in [1.82, 2.24) is 4.90 Å². The van der Waals surface area contributed by atoms with Crippen molar-refractivity contribution >= 4 is 35.0 Å². The molecule has 6 nitrogen and oxygen atoms in total. The van der Waals surface area contributed by atoms with Crippen LogP contribution in [-0.2, 0) is 9.59 Å². The van der Waals surface area contributed by atoms with Gasteiger partial charge < -0.3 is 19.9 Å². The molecule has 2 amide bonds. The van der Waals surface area contributed by atoms with Crippen LogP contribution in [0, 0.1) is 0 Å². The van der Waals surface area contributed by atoms with E-state index in [4.69, 9.17) is 4.74 Å². The third-order valence-corrected chi connectivity index (χ3v) is 5.24. The Kier molecular flexibility index (Phi) is 6.24. The van der Waals surface area contributed by atoms with Gasteiger partial charge in [0.1, 0.15) is 5.75 Å². The van der Waals surface area contributed by atoms with Gasteiger partial charge in [-0.3, -0.25) is 9.59 Å². The second-order valence-corrected chi connectivity index (χ2v) is 7.02. The van der Waals surface area contributed by atoms with Crippen LogP contribution in [0.25, 0.3) is 0 Å². The van der Waals surface area contributed by atoms with Gasteiger partial charge >= 0.3 is 11.8 Å². The maximum Gasteiger partial charge on any atom is 0.313 e. The maximum atomic E-state index is 12.5. The standard InChI is InChI=1S/C20H23N3O3S/c1-26-18-9-4-3-8-17(18)22-10-12-23(13-11-22)20(25)19(24)21-15-6-5-7-16(14-15)27-2/h3-9,14H,10-13H2,1-2H3,(H,21,24). The summed E-state index contributed by atoms with van der Waals surface area (Å²) in [5.74, 6) is -0.285. The fourth-order valence-corrected chi connectivity index (χ4v) is 3.53. The third kappa shape index (κ3) is 4.54. The van der Waals surface area contributed by atoms with Crippen LogP contribution in [0.5, 0.6) is 5.75 Å². The van der Waals surface area contributed by atoms with Crippen molar-refractivity contribution in [3.8, 4) is 5.75 Å². The summed E-state index contributed by atoms with van der Waals surface area (Å²) in [7, 11) is 1.65. The SMILES string of the molecule is COc1ccccc1N1CCN(C(=O)C(=O)Nc2cccc(SC)c2)CC1. The van der Waals surface area contributed by atoms with Crippen LogP contribution in [0.15, 0.2) is 53.4 Å². The molecule has 1 saturated heterocycles. The Morgan fingerprint density at radius 1 is 1.04 bits per heavy atom. The predicted octanol–water partition coefficient (Wildman–Crippen LogP) is 2.70. The zero-order valence-corrected chi connectivity index (χ0v) is 16.3. The molecule has 0 radical (unpaired) electrons. The van der Waals surface area contributed by atoms with Crippen LogP contribution in [0.2, 0.25) is 0 Å². The van der Waals surface area contributed by atoms with Gasteiger partial charge in [-0.2, -0.15) is 0 Å². The van der Waals surface area contributed by atoms with Crippen LogP contribution < -0.4 is 15.0 Å². The van der Waals surface area contributed by atoms with E-state index in [1.165, 1.54) is 0 Å². The molecule has 7 heteroatoms. The average molecular weight is 385 g/mol. The van der Waals surface area contributed by atoms with E-state index >= 15 is 0 Å². The first-order valence-electron chi connectivity index (χ1n) is 8.74. The minimum absolute atomic E-state index is 0.495. The summed E-state index contributed by atoms with van der Waals surface area (Å²) in [6.07, 6.45) is 1.97. The smallest absolute Gasteiger partial charge is 0.313 e. The fraction of sp³-hybridized carbons (Fsp3) is 0.300. The molecular formula is C20H23N3O3S. The number of carbonyl (C=O) groups is 2. The number of thioether (sulfide) groups is 1. The number of amides is 2. The van der Waals surface area contributed by atoms with E-state index < -0.39 is 11.8 Å². The second-order valence-electron chi connectivity index (χ2n) is 6.14. The molecule has 2 aromatic rings. The van der Waals surface area contributed by atoms with E-state index in [1.54, 1.807) is 29.8 Å². The van der Waals surface area contributed by atoms with Crippen molar-refractivity contribution < 1.29 is 14.3 Å². The van der Waals surface area contributed by atoms with Gasteiger partial charge in [-0.1, -0.05) is 18.2 Å². The summed E-state index contributed by atoms with van der Waals surface area (Å²) in [4.78, 5) is 29.6. The van der Waals surface area contributed by atoms with Gasteiger partial charge in [0.2, 0.25) is 0 Å². The van der Waals surface area contributed by atoms with Crippen molar-refractivity contribution in [2.45, 2.75) is 4.90 Å². The Labute approximate surface area is 163 Å². The number of benzene rings is 2. The van der Waals surface area contributed by atoms with Crippen LogP contribution in [0.4, 0.5) is 11.4 Å². The second kappa shape index (κ2) is 8.81. The first-order valence-corrected chi connectivity index (χ1v) is 9.97. The molecule has 1 aliphatic heterocycles. The number of hydrogen-bond acceptors (Lipinski definition) is 5. The van der Waals surface area contributed by atoms with E-state index in [-0.39, 0.29) is 0 Å². The molecule has 1 aliphatic rings. The summed E-state index contributed by atoms with van der Waals surface area (Å²) < 4.78 is 5.41. The number of para-hydroxylation sites is 2. The van der Waals surface area contributed by atoms with Crippen molar-refractivity contribution in [3.63, 3.8) is 0 Å². The van der Waals surface area contributed by atoms with E-state index in [0.29, 0.717) is 31.9 Å². The van der Waals surface area contributed by atoms with Gasteiger partial charge in [-0.15, -0.1) is 11.8 Å². The highest BCUT2D eigenvalue weighted by Crippen LogP contribution is 2.28. The molecule has 1 fully saturated rings. The topological polar surface area (TPSA) is 61.9 Å². The number of ether oxygens (including phenoxy) is 1. The Balaban J connectivity index is 1.58. The summed E-state index contributed by atoms with van der Waals surface area (Å²) in [6.45, 7) is 2.30. The molecule has 1 heterocycles. The number of nitrogens with zero attached hydrogens (tertiary/aromatic N) is 2. The number of nitrogens with one attached hydrogen (secondary N) is 1. The zero-order valence-electron chi connectivity index (χ0n) is 15.5. The highest BCUT2D eigenvalue weighted by molar-refractivity contribution is 7.98. The van der Waals surface area contributed by atoms with Crippen LogP contribution in [-0.4, -0.2) is 56.3 Å². The lowest BCUT2D eigenvalue weighted by Crippen LogP contribution is -2.51. The first-order chi connectivity index (χ1) is 13.1. The lowest BCUT2D eigenvalue weighted by molar-refractivity contribution is -0.143. The van der Waals surface area contributed by atoms with Crippen LogP contribution in [0.1, 0.15) is 0 Å². The monoisotopic (exact) mass is 385 g/mol. The van der Waals surface area contributed by atoms with E-state index in [1.807, 2.05) is 48.7 Å². The number of carbonyl (C=O) groups excluding carboxylic acids is 2. The number of hydrogen-bond donors (Lipinski definition) is 1. The van der Waals surface area contributed by atoms with E-state index in [2.05, 4.69) is 10.2 Å². The molecule has 0 aliphatic carbocycles. The molecule has 0 spiro atoms. The Morgan fingerprint density at radius 3 is 2.48 bits per heavy atom. The lowest BCUT2D eigenvalue weighted by atomic mass is 10.2. The molecule has 0 saturated carbocycles. The molecular weight excluding hydrogens is 362 g/mol. The summed E-state index contributed by atoms with van der Waals surface area (Å²) >= 11 is 1.59. The van der Waals surface area contributed by atoms with Crippen LogP contribution >= 0.6 is 11.8 Å². The molecule has 0 aromatic heterocycles.